The molecule has 100 valence electrons. The van der Waals surface area contributed by atoms with Crippen LogP contribution in [-0.2, 0) is 0 Å². The number of hydrogen-bond donors (Lipinski definition) is 0. The Morgan fingerprint density at radius 2 is 1.89 bits per heavy atom. The number of nitrogens with zero attached hydrogens (tertiary/aromatic N) is 1. The van der Waals surface area contributed by atoms with Crippen LogP contribution in [0.2, 0.25) is 0 Å². The highest BCUT2D eigenvalue weighted by atomic mass is 79.9. The van der Waals surface area contributed by atoms with Gasteiger partial charge in [-0.3, -0.25) is 0 Å². The minimum Gasteiger partial charge on any atom is -0.490 e. The first-order valence-corrected chi connectivity index (χ1v) is 7.02. The number of halogens is 1. The lowest BCUT2D eigenvalue weighted by Crippen LogP contribution is -1.98. The van der Waals surface area contributed by atoms with Gasteiger partial charge in [0.15, 0.2) is 11.5 Å². The van der Waals surface area contributed by atoms with Gasteiger partial charge in [0.2, 0.25) is 5.88 Å². The lowest BCUT2D eigenvalue weighted by atomic mass is 10.3. The zero-order chi connectivity index (χ0) is 13.7. The van der Waals surface area contributed by atoms with E-state index in [1.54, 1.807) is 6.20 Å². The standard InChI is InChI=1S/C15H16BrNO2/c1-3-10-18-12-6-4-5-7-13(12)19-15-14(16)11(2)8-9-17-15/h4-9H,3,10H2,1-2H3. The number of aryl methyl sites for hydroxylation is 1. The Bertz CT molecular complexity index is 558. The van der Waals surface area contributed by atoms with Crippen molar-refractivity contribution in [3.8, 4) is 17.4 Å². The Balaban J connectivity index is 2.25. The van der Waals surface area contributed by atoms with Crippen LogP contribution in [0.4, 0.5) is 0 Å². The summed E-state index contributed by atoms with van der Waals surface area (Å²) in [6.45, 7) is 4.74. The Labute approximate surface area is 121 Å². The molecule has 0 aliphatic rings. The third-order valence-corrected chi connectivity index (χ3v) is 3.53. The lowest BCUT2D eigenvalue weighted by Gasteiger charge is -2.12. The summed E-state index contributed by atoms with van der Waals surface area (Å²) in [4.78, 5) is 4.23. The molecule has 1 heterocycles. The molecule has 0 spiro atoms. The fraction of sp³-hybridized carbons (Fsp3) is 0.267. The summed E-state index contributed by atoms with van der Waals surface area (Å²) in [6, 6.07) is 9.54. The largest absolute Gasteiger partial charge is 0.490 e. The first-order chi connectivity index (χ1) is 9.22. The first kappa shape index (κ1) is 13.9. The minimum atomic E-state index is 0.549. The average Bonchev–Trinajstić information content (AvgIpc) is 2.43. The Morgan fingerprint density at radius 3 is 2.63 bits per heavy atom. The molecular formula is C15H16BrNO2. The summed E-state index contributed by atoms with van der Waals surface area (Å²) < 4.78 is 12.4. The van der Waals surface area contributed by atoms with Crippen LogP contribution in [0.3, 0.4) is 0 Å². The highest BCUT2D eigenvalue weighted by Gasteiger charge is 2.10. The number of benzene rings is 1. The van der Waals surface area contributed by atoms with Crippen molar-refractivity contribution >= 4 is 15.9 Å². The lowest BCUT2D eigenvalue weighted by molar-refractivity contribution is 0.300. The van der Waals surface area contributed by atoms with Gasteiger partial charge in [-0.2, -0.15) is 0 Å². The third kappa shape index (κ3) is 3.47. The second-order valence-corrected chi connectivity index (χ2v) is 4.94. The third-order valence-electron chi connectivity index (χ3n) is 2.57. The Hall–Kier alpha value is -1.55. The Kier molecular flexibility index (Phi) is 4.80. The molecule has 1 aromatic carbocycles. The van der Waals surface area contributed by atoms with Crippen LogP contribution in [0.25, 0.3) is 0 Å². The predicted octanol–water partition coefficient (Wildman–Crippen LogP) is 4.73. The number of pyridine rings is 1. The fourth-order valence-corrected chi connectivity index (χ4v) is 1.87. The van der Waals surface area contributed by atoms with Gasteiger partial charge in [-0.15, -0.1) is 0 Å². The average molecular weight is 322 g/mol. The summed E-state index contributed by atoms with van der Waals surface area (Å²) >= 11 is 3.49. The van der Waals surface area contributed by atoms with Crippen molar-refractivity contribution in [2.75, 3.05) is 6.61 Å². The van der Waals surface area contributed by atoms with Crippen LogP contribution in [0.15, 0.2) is 41.0 Å². The number of para-hydroxylation sites is 2. The molecule has 0 aliphatic heterocycles. The molecule has 3 nitrogen and oxygen atoms in total. The van der Waals surface area contributed by atoms with E-state index in [2.05, 4.69) is 27.8 Å². The fourth-order valence-electron chi connectivity index (χ4n) is 1.56. The number of aromatic nitrogens is 1. The van der Waals surface area contributed by atoms with Gasteiger partial charge in [0, 0.05) is 6.20 Å². The highest BCUT2D eigenvalue weighted by Crippen LogP contribution is 2.34. The van der Waals surface area contributed by atoms with E-state index < -0.39 is 0 Å². The molecule has 0 N–H and O–H groups in total. The van der Waals surface area contributed by atoms with Gasteiger partial charge >= 0.3 is 0 Å². The van der Waals surface area contributed by atoms with E-state index in [4.69, 9.17) is 9.47 Å². The molecule has 2 aromatic rings. The van der Waals surface area contributed by atoms with Crippen LogP contribution in [0.5, 0.6) is 17.4 Å². The van der Waals surface area contributed by atoms with Crippen molar-refractivity contribution < 1.29 is 9.47 Å². The van der Waals surface area contributed by atoms with Crippen molar-refractivity contribution in [1.82, 2.24) is 4.98 Å². The molecule has 0 bridgehead atoms. The van der Waals surface area contributed by atoms with E-state index in [0.717, 1.165) is 22.2 Å². The molecular weight excluding hydrogens is 306 g/mol. The van der Waals surface area contributed by atoms with Crippen molar-refractivity contribution in [3.63, 3.8) is 0 Å². The van der Waals surface area contributed by atoms with E-state index in [-0.39, 0.29) is 0 Å². The molecule has 0 atom stereocenters. The van der Waals surface area contributed by atoms with Gasteiger partial charge in [-0.1, -0.05) is 19.1 Å². The van der Waals surface area contributed by atoms with Crippen LogP contribution < -0.4 is 9.47 Å². The van der Waals surface area contributed by atoms with Crippen molar-refractivity contribution in [2.24, 2.45) is 0 Å². The maximum Gasteiger partial charge on any atom is 0.234 e. The molecule has 0 fully saturated rings. The van der Waals surface area contributed by atoms with E-state index in [1.807, 2.05) is 37.3 Å². The SMILES string of the molecule is CCCOc1ccccc1Oc1nccc(C)c1Br. The van der Waals surface area contributed by atoms with Crippen LogP contribution in [0.1, 0.15) is 18.9 Å². The minimum absolute atomic E-state index is 0.549. The molecule has 2 rings (SSSR count). The highest BCUT2D eigenvalue weighted by molar-refractivity contribution is 9.10. The Morgan fingerprint density at radius 1 is 1.16 bits per heavy atom. The monoisotopic (exact) mass is 321 g/mol. The number of rotatable bonds is 5. The van der Waals surface area contributed by atoms with Crippen molar-refractivity contribution in [2.45, 2.75) is 20.3 Å². The quantitative estimate of drug-likeness (QED) is 0.797. The molecule has 0 unspecified atom stereocenters. The maximum absolute atomic E-state index is 5.84. The summed E-state index contributed by atoms with van der Waals surface area (Å²) in [5.74, 6) is 1.96. The zero-order valence-electron chi connectivity index (χ0n) is 11.0. The van der Waals surface area contributed by atoms with E-state index in [0.29, 0.717) is 18.2 Å². The summed E-state index contributed by atoms with van der Waals surface area (Å²) in [6.07, 6.45) is 2.69. The normalized spacial score (nSPS) is 10.3. The van der Waals surface area contributed by atoms with Gasteiger partial charge in [0.1, 0.15) is 0 Å². The molecule has 0 aliphatic carbocycles. The summed E-state index contributed by atoms with van der Waals surface area (Å²) in [7, 11) is 0. The molecule has 19 heavy (non-hydrogen) atoms. The molecule has 0 saturated carbocycles. The van der Waals surface area contributed by atoms with Gasteiger partial charge in [-0.25, -0.2) is 4.98 Å². The van der Waals surface area contributed by atoms with Crippen molar-refractivity contribution in [1.29, 1.82) is 0 Å². The van der Waals surface area contributed by atoms with E-state index in [9.17, 15) is 0 Å². The van der Waals surface area contributed by atoms with Gasteiger partial charge in [0.25, 0.3) is 0 Å². The zero-order valence-corrected chi connectivity index (χ0v) is 12.6. The second kappa shape index (κ2) is 6.57. The number of hydrogen-bond acceptors (Lipinski definition) is 3. The van der Waals surface area contributed by atoms with E-state index in [1.165, 1.54) is 0 Å². The molecule has 4 heteroatoms. The molecule has 0 radical (unpaired) electrons. The van der Waals surface area contributed by atoms with Gasteiger partial charge in [-0.05, 0) is 53.0 Å². The van der Waals surface area contributed by atoms with Crippen molar-refractivity contribution in [3.05, 3.63) is 46.6 Å². The second-order valence-electron chi connectivity index (χ2n) is 4.14. The molecule has 0 saturated heterocycles. The van der Waals surface area contributed by atoms with E-state index >= 15 is 0 Å². The number of ether oxygens (including phenoxy) is 2. The topological polar surface area (TPSA) is 31.4 Å². The summed E-state index contributed by atoms with van der Waals surface area (Å²) in [5, 5.41) is 0. The first-order valence-electron chi connectivity index (χ1n) is 6.23. The molecule has 0 amide bonds. The molecule has 1 aromatic heterocycles. The van der Waals surface area contributed by atoms with Crippen LogP contribution >= 0.6 is 15.9 Å². The smallest absolute Gasteiger partial charge is 0.234 e. The van der Waals surface area contributed by atoms with Gasteiger partial charge in [0.05, 0.1) is 11.1 Å². The predicted molar refractivity (Wildman–Crippen MR) is 79.0 cm³/mol. The van der Waals surface area contributed by atoms with Crippen LogP contribution in [-0.4, -0.2) is 11.6 Å². The summed E-state index contributed by atoms with van der Waals surface area (Å²) in [5.41, 5.74) is 1.08. The van der Waals surface area contributed by atoms with Gasteiger partial charge < -0.3 is 9.47 Å². The maximum atomic E-state index is 5.84. The van der Waals surface area contributed by atoms with Crippen LogP contribution in [0, 0.1) is 6.92 Å².